The molecule has 174 valence electrons. The number of carbonyl (C=O) groups is 1. The van der Waals surface area contributed by atoms with E-state index in [4.69, 9.17) is 18.9 Å². The van der Waals surface area contributed by atoms with Gasteiger partial charge in [-0.1, -0.05) is 6.92 Å². The van der Waals surface area contributed by atoms with E-state index in [1.165, 1.54) is 30.4 Å². The standard InChI is InChI=1S/C26H35NO5/c1-25-6-4-7-26(15-31-26)23(25)11-18-19(24(28)32-22(18)12-25)14-27-8-5-16-9-20(29-2)21(30-3)10-17(16)13-27/h9-10,18-19,22-23H,4-8,11-15H2,1-3H3/t18-,19+,22-,23-,25-,26+/m1/s1. The van der Waals surface area contributed by atoms with Gasteiger partial charge in [-0.3, -0.25) is 9.69 Å². The highest BCUT2D eigenvalue weighted by Crippen LogP contribution is 2.62. The highest BCUT2D eigenvalue weighted by Gasteiger charge is 2.65. The number of ether oxygens (including phenoxy) is 4. The van der Waals surface area contributed by atoms with E-state index in [1.54, 1.807) is 14.2 Å². The van der Waals surface area contributed by atoms with E-state index in [9.17, 15) is 4.79 Å². The Bertz CT molecular complexity index is 927. The summed E-state index contributed by atoms with van der Waals surface area (Å²) in [6, 6.07) is 4.20. The summed E-state index contributed by atoms with van der Waals surface area (Å²) in [5.74, 6) is 2.45. The number of hydrogen-bond acceptors (Lipinski definition) is 6. The fraction of sp³-hybridized carbons (Fsp3) is 0.731. The maximum absolute atomic E-state index is 13.0. The predicted octanol–water partition coefficient (Wildman–Crippen LogP) is 3.59. The van der Waals surface area contributed by atoms with Crippen molar-refractivity contribution in [3.63, 3.8) is 0 Å². The van der Waals surface area contributed by atoms with Crippen LogP contribution in [0.1, 0.15) is 50.2 Å². The van der Waals surface area contributed by atoms with Gasteiger partial charge in [-0.2, -0.15) is 0 Å². The smallest absolute Gasteiger partial charge is 0.310 e. The molecule has 3 heterocycles. The molecule has 0 aromatic heterocycles. The van der Waals surface area contributed by atoms with Crippen LogP contribution >= 0.6 is 0 Å². The van der Waals surface area contributed by atoms with Crippen LogP contribution < -0.4 is 9.47 Å². The van der Waals surface area contributed by atoms with E-state index in [0.29, 0.717) is 11.8 Å². The molecule has 4 fully saturated rings. The first-order valence-electron chi connectivity index (χ1n) is 12.3. The summed E-state index contributed by atoms with van der Waals surface area (Å²) in [6.07, 6.45) is 6.81. The largest absolute Gasteiger partial charge is 0.493 e. The second-order valence-corrected chi connectivity index (χ2v) is 11.1. The van der Waals surface area contributed by atoms with Gasteiger partial charge < -0.3 is 18.9 Å². The molecule has 3 aliphatic heterocycles. The summed E-state index contributed by atoms with van der Waals surface area (Å²) in [5, 5.41) is 0. The molecule has 0 N–H and O–H groups in total. The van der Waals surface area contributed by atoms with Crippen LogP contribution in [0.15, 0.2) is 12.1 Å². The third kappa shape index (κ3) is 3.17. The number of rotatable bonds is 4. The molecule has 0 amide bonds. The third-order valence-corrected chi connectivity index (χ3v) is 9.33. The molecule has 6 atom stereocenters. The molecule has 2 saturated carbocycles. The summed E-state index contributed by atoms with van der Waals surface area (Å²) < 4.78 is 23.1. The Morgan fingerprint density at radius 2 is 1.91 bits per heavy atom. The van der Waals surface area contributed by atoms with E-state index in [-0.39, 0.29) is 29.0 Å². The van der Waals surface area contributed by atoms with Gasteiger partial charge in [-0.15, -0.1) is 0 Å². The van der Waals surface area contributed by atoms with Crippen LogP contribution in [-0.2, 0) is 27.2 Å². The second-order valence-electron chi connectivity index (χ2n) is 11.1. The van der Waals surface area contributed by atoms with Crippen molar-refractivity contribution in [3.8, 4) is 11.5 Å². The fourth-order valence-corrected chi connectivity index (χ4v) is 7.54. The number of methoxy groups -OCH3 is 2. The molecule has 0 bridgehead atoms. The maximum Gasteiger partial charge on any atom is 0.310 e. The molecule has 5 aliphatic rings. The highest BCUT2D eigenvalue weighted by molar-refractivity contribution is 5.75. The van der Waals surface area contributed by atoms with Gasteiger partial charge in [0.05, 0.1) is 32.3 Å². The number of benzene rings is 1. The fourth-order valence-electron chi connectivity index (χ4n) is 7.54. The Morgan fingerprint density at radius 3 is 2.62 bits per heavy atom. The van der Waals surface area contributed by atoms with Crippen LogP contribution in [0.25, 0.3) is 0 Å². The van der Waals surface area contributed by atoms with Crippen molar-refractivity contribution in [2.24, 2.45) is 23.2 Å². The average Bonchev–Trinajstić information content (AvgIpc) is 3.49. The Balaban J connectivity index is 1.19. The molecular weight excluding hydrogens is 406 g/mol. The van der Waals surface area contributed by atoms with Crippen LogP contribution in [0, 0.1) is 23.2 Å². The Labute approximate surface area is 190 Å². The quantitative estimate of drug-likeness (QED) is 0.526. The minimum atomic E-state index is -0.0241. The number of fused-ring (bicyclic) bond motifs is 4. The third-order valence-electron chi connectivity index (χ3n) is 9.33. The maximum atomic E-state index is 13.0. The summed E-state index contributed by atoms with van der Waals surface area (Å²) in [5.41, 5.74) is 2.94. The Morgan fingerprint density at radius 1 is 1.16 bits per heavy atom. The Hall–Kier alpha value is -1.79. The average molecular weight is 442 g/mol. The van der Waals surface area contributed by atoms with Gasteiger partial charge in [-0.25, -0.2) is 0 Å². The monoisotopic (exact) mass is 441 g/mol. The Kier molecular flexibility index (Phi) is 4.78. The van der Waals surface area contributed by atoms with Gasteiger partial charge >= 0.3 is 5.97 Å². The minimum absolute atomic E-state index is 0.0196. The van der Waals surface area contributed by atoms with E-state index in [1.807, 2.05) is 0 Å². The van der Waals surface area contributed by atoms with Crippen LogP contribution in [0.3, 0.4) is 0 Å². The highest BCUT2D eigenvalue weighted by atomic mass is 16.6. The molecule has 2 aliphatic carbocycles. The van der Waals surface area contributed by atoms with Gasteiger partial charge in [0.15, 0.2) is 11.5 Å². The van der Waals surface area contributed by atoms with Gasteiger partial charge in [0.2, 0.25) is 0 Å². The summed E-state index contributed by atoms with van der Waals surface area (Å²) >= 11 is 0. The first-order valence-corrected chi connectivity index (χ1v) is 12.3. The topological polar surface area (TPSA) is 60.5 Å². The zero-order chi connectivity index (χ0) is 22.1. The number of carbonyl (C=O) groups excluding carboxylic acids is 1. The van der Waals surface area contributed by atoms with Crippen LogP contribution in [-0.4, -0.2) is 56.5 Å². The van der Waals surface area contributed by atoms with E-state index >= 15 is 0 Å². The minimum Gasteiger partial charge on any atom is -0.493 e. The lowest BCUT2D eigenvalue weighted by Gasteiger charge is -2.51. The SMILES string of the molecule is COc1cc2c(cc1OC)CN(C[C@@H]1C(=O)O[C@@H]3C[C@@]4(C)CCC[C@]5(CO5)[C@@H]4C[C@H]13)CC2. The normalized spacial score (nSPS) is 40.3. The van der Waals surface area contributed by atoms with Crippen molar-refractivity contribution in [3.05, 3.63) is 23.3 Å². The van der Waals surface area contributed by atoms with Crippen molar-refractivity contribution in [1.82, 2.24) is 4.90 Å². The molecule has 1 aromatic carbocycles. The summed E-state index contributed by atoms with van der Waals surface area (Å²) in [4.78, 5) is 15.4. The zero-order valence-corrected chi connectivity index (χ0v) is 19.5. The van der Waals surface area contributed by atoms with Crippen molar-refractivity contribution in [2.45, 2.75) is 63.7 Å². The van der Waals surface area contributed by atoms with Crippen molar-refractivity contribution in [2.75, 3.05) is 33.9 Å². The molecule has 6 nitrogen and oxygen atoms in total. The molecule has 6 rings (SSSR count). The molecular formula is C26H35NO5. The van der Waals surface area contributed by atoms with Crippen molar-refractivity contribution >= 4 is 5.97 Å². The van der Waals surface area contributed by atoms with E-state index in [0.717, 1.165) is 57.0 Å². The first kappa shape index (κ1) is 20.8. The molecule has 6 heteroatoms. The van der Waals surface area contributed by atoms with E-state index < -0.39 is 0 Å². The molecule has 0 unspecified atom stereocenters. The van der Waals surface area contributed by atoms with Crippen LogP contribution in [0.5, 0.6) is 11.5 Å². The summed E-state index contributed by atoms with van der Waals surface area (Å²) in [6.45, 7) is 5.91. The van der Waals surface area contributed by atoms with Crippen LogP contribution in [0.4, 0.5) is 0 Å². The molecule has 1 aromatic rings. The molecule has 2 saturated heterocycles. The van der Waals surface area contributed by atoms with Gasteiger partial charge in [-0.05, 0) is 73.1 Å². The first-order chi connectivity index (χ1) is 15.4. The number of epoxide rings is 1. The lowest BCUT2D eigenvalue weighted by Crippen LogP contribution is -2.51. The molecule has 32 heavy (non-hydrogen) atoms. The lowest BCUT2D eigenvalue weighted by molar-refractivity contribution is -0.147. The van der Waals surface area contributed by atoms with E-state index in [2.05, 4.69) is 24.0 Å². The zero-order valence-electron chi connectivity index (χ0n) is 19.5. The van der Waals surface area contributed by atoms with Crippen LogP contribution in [0.2, 0.25) is 0 Å². The number of nitrogens with zero attached hydrogens (tertiary/aromatic N) is 1. The molecule has 1 spiro atoms. The second kappa shape index (κ2) is 7.36. The van der Waals surface area contributed by atoms with Crippen molar-refractivity contribution < 1.29 is 23.7 Å². The number of esters is 1. The lowest BCUT2D eigenvalue weighted by atomic mass is 9.53. The van der Waals surface area contributed by atoms with Gasteiger partial charge in [0.25, 0.3) is 0 Å². The predicted molar refractivity (Wildman–Crippen MR) is 119 cm³/mol. The van der Waals surface area contributed by atoms with Crippen molar-refractivity contribution in [1.29, 1.82) is 0 Å². The summed E-state index contributed by atoms with van der Waals surface area (Å²) in [7, 11) is 3.36. The number of hydrogen-bond donors (Lipinski definition) is 0. The van der Waals surface area contributed by atoms with Gasteiger partial charge in [0.1, 0.15) is 6.10 Å². The molecule has 0 radical (unpaired) electrons. The van der Waals surface area contributed by atoms with Gasteiger partial charge in [0, 0.05) is 25.6 Å².